The van der Waals surface area contributed by atoms with Crippen molar-refractivity contribution in [2.45, 2.75) is 19.1 Å². The van der Waals surface area contributed by atoms with Crippen LogP contribution in [0.25, 0.3) is 0 Å². The van der Waals surface area contributed by atoms with Gasteiger partial charge in [0, 0.05) is 17.8 Å². The lowest BCUT2D eigenvalue weighted by Gasteiger charge is -2.09. The molecule has 0 heterocycles. The molecule has 0 bridgehead atoms. The molecule has 6 nitrogen and oxygen atoms in total. The molecular weight excluding hydrogens is 328 g/mol. The smallest absolute Gasteiger partial charge is 0.236 e. The maximum Gasteiger partial charge on any atom is 0.236 e. The number of benzene rings is 2. The number of hydrogen-bond acceptors (Lipinski definition) is 4. The summed E-state index contributed by atoms with van der Waals surface area (Å²) in [6, 6.07) is 13.4. The lowest BCUT2D eigenvalue weighted by molar-refractivity contribution is -0.115. The van der Waals surface area contributed by atoms with Crippen molar-refractivity contribution in [1.82, 2.24) is 0 Å². The summed E-state index contributed by atoms with van der Waals surface area (Å²) in [6.45, 7) is 1.76. The highest BCUT2D eigenvalue weighted by molar-refractivity contribution is 7.91. The molecular formula is C17H20N2O4S. The molecule has 0 unspecified atom stereocenters. The maximum absolute atomic E-state index is 12.2. The Bertz CT molecular complexity index is 784. The second-order valence-corrected chi connectivity index (χ2v) is 6.91. The minimum atomic E-state index is -3.53. The van der Waals surface area contributed by atoms with Crippen molar-refractivity contribution in [1.29, 1.82) is 0 Å². The average molecular weight is 348 g/mol. The summed E-state index contributed by atoms with van der Waals surface area (Å²) < 4.78 is 32.0. The molecule has 24 heavy (non-hydrogen) atoms. The Morgan fingerprint density at radius 2 is 1.58 bits per heavy atom. The molecule has 0 aromatic heterocycles. The van der Waals surface area contributed by atoms with Gasteiger partial charge in [0.1, 0.15) is 5.75 Å². The van der Waals surface area contributed by atoms with Gasteiger partial charge in [-0.15, -0.1) is 0 Å². The van der Waals surface area contributed by atoms with Crippen molar-refractivity contribution < 1.29 is 17.9 Å². The highest BCUT2D eigenvalue weighted by atomic mass is 32.2. The Kier molecular flexibility index (Phi) is 5.81. The van der Waals surface area contributed by atoms with Gasteiger partial charge in [-0.25, -0.2) is 8.42 Å². The number of hydrogen-bond donors (Lipinski definition) is 2. The van der Waals surface area contributed by atoms with Gasteiger partial charge in [0.2, 0.25) is 15.9 Å². The lowest BCUT2D eigenvalue weighted by Crippen LogP contribution is -2.15. The van der Waals surface area contributed by atoms with E-state index in [1.54, 1.807) is 62.6 Å². The third kappa shape index (κ3) is 5.27. The number of carbonyl (C=O) groups excluding carboxylic acids is 1. The van der Waals surface area contributed by atoms with Gasteiger partial charge in [-0.05, 0) is 42.0 Å². The zero-order chi connectivity index (χ0) is 17.6. The van der Waals surface area contributed by atoms with E-state index in [2.05, 4.69) is 10.0 Å². The number of anilines is 2. The van der Waals surface area contributed by atoms with Gasteiger partial charge in [-0.2, -0.15) is 0 Å². The van der Waals surface area contributed by atoms with Crippen molar-refractivity contribution in [2.75, 3.05) is 17.1 Å². The fourth-order valence-corrected chi connectivity index (χ4v) is 3.23. The van der Waals surface area contributed by atoms with Crippen molar-refractivity contribution >= 4 is 27.3 Å². The van der Waals surface area contributed by atoms with Crippen LogP contribution in [0.1, 0.15) is 18.9 Å². The topological polar surface area (TPSA) is 84.5 Å². The van der Waals surface area contributed by atoms with E-state index in [9.17, 15) is 13.2 Å². The Morgan fingerprint density at radius 3 is 2.12 bits per heavy atom. The van der Waals surface area contributed by atoms with Crippen LogP contribution in [0, 0.1) is 0 Å². The second-order valence-electron chi connectivity index (χ2n) is 5.19. The van der Waals surface area contributed by atoms with Crippen LogP contribution in [0.15, 0.2) is 48.5 Å². The van der Waals surface area contributed by atoms with E-state index in [0.29, 0.717) is 29.1 Å². The minimum Gasteiger partial charge on any atom is -0.497 e. The molecule has 0 atom stereocenters. The molecule has 2 aromatic carbocycles. The van der Waals surface area contributed by atoms with Crippen LogP contribution >= 0.6 is 0 Å². The first-order chi connectivity index (χ1) is 11.4. The third-order valence-corrected chi connectivity index (χ3v) is 4.54. The number of methoxy groups -OCH3 is 1. The average Bonchev–Trinajstić information content (AvgIpc) is 2.56. The highest BCUT2D eigenvalue weighted by Crippen LogP contribution is 2.18. The molecule has 7 heteroatoms. The largest absolute Gasteiger partial charge is 0.497 e. The quantitative estimate of drug-likeness (QED) is 0.805. The molecule has 0 aliphatic rings. The van der Waals surface area contributed by atoms with E-state index in [4.69, 9.17) is 4.74 Å². The van der Waals surface area contributed by atoms with E-state index in [-0.39, 0.29) is 11.7 Å². The van der Waals surface area contributed by atoms with E-state index in [1.165, 1.54) is 0 Å². The van der Waals surface area contributed by atoms with Crippen molar-refractivity contribution in [3.8, 4) is 5.75 Å². The molecule has 0 spiro atoms. The van der Waals surface area contributed by atoms with Crippen LogP contribution in [0.2, 0.25) is 0 Å². The summed E-state index contributed by atoms with van der Waals surface area (Å²) in [7, 11) is -1.98. The number of ether oxygens (including phenoxy) is 1. The Morgan fingerprint density at radius 1 is 1.00 bits per heavy atom. The predicted molar refractivity (Wildman–Crippen MR) is 94.6 cm³/mol. The summed E-state index contributed by atoms with van der Waals surface area (Å²) in [5.41, 5.74) is 1.75. The number of sulfonamides is 1. The summed E-state index contributed by atoms with van der Waals surface area (Å²) in [6.07, 6.45) is 0.391. The van der Waals surface area contributed by atoms with Gasteiger partial charge in [-0.3, -0.25) is 9.52 Å². The molecule has 2 rings (SSSR count). The van der Waals surface area contributed by atoms with Gasteiger partial charge in [0.05, 0.1) is 12.9 Å². The van der Waals surface area contributed by atoms with E-state index in [0.717, 1.165) is 0 Å². The first kappa shape index (κ1) is 17.8. The standard InChI is InChI=1S/C17H20N2O4S/c1-3-17(20)18-14-6-4-13(5-7-14)12-24(21,22)19-15-8-10-16(23-2)11-9-15/h4-11,19H,3,12H2,1-2H3,(H,18,20). The molecule has 128 valence electrons. The molecule has 0 aliphatic carbocycles. The van der Waals surface area contributed by atoms with Crippen LogP contribution in [-0.4, -0.2) is 21.4 Å². The number of rotatable bonds is 7. The van der Waals surface area contributed by atoms with Gasteiger partial charge >= 0.3 is 0 Å². The van der Waals surface area contributed by atoms with Crippen molar-refractivity contribution in [3.05, 3.63) is 54.1 Å². The first-order valence-electron chi connectivity index (χ1n) is 7.45. The van der Waals surface area contributed by atoms with E-state index in [1.807, 2.05) is 0 Å². The van der Waals surface area contributed by atoms with Gasteiger partial charge in [-0.1, -0.05) is 19.1 Å². The van der Waals surface area contributed by atoms with Crippen molar-refractivity contribution in [2.24, 2.45) is 0 Å². The van der Waals surface area contributed by atoms with Crippen LogP contribution in [-0.2, 0) is 20.6 Å². The van der Waals surface area contributed by atoms with Crippen LogP contribution < -0.4 is 14.8 Å². The number of carbonyl (C=O) groups is 1. The predicted octanol–water partition coefficient (Wildman–Crippen LogP) is 2.99. The van der Waals surface area contributed by atoms with E-state index < -0.39 is 10.0 Å². The van der Waals surface area contributed by atoms with Crippen LogP contribution in [0.3, 0.4) is 0 Å². The zero-order valence-electron chi connectivity index (χ0n) is 13.6. The van der Waals surface area contributed by atoms with Crippen LogP contribution in [0.5, 0.6) is 5.75 Å². The minimum absolute atomic E-state index is 0.0865. The number of amides is 1. The second kappa shape index (κ2) is 7.83. The van der Waals surface area contributed by atoms with Crippen LogP contribution in [0.4, 0.5) is 11.4 Å². The first-order valence-corrected chi connectivity index (χ1v) is 9.10. The highest BCUT2D eigenvalue weighted by Gasteiger charge is 2.12. The molecule has 0 aliphatic heterocycles. The summed E-state index contributed by atoms with van der Waals surface area (Å²) in [5.74, 6) is 0.417. The fourth-order valence-electron chi connectivity index (χ4n) is 2.03. The molecule has 2 N–H and O–H groups in total. The fraction of sp³-hybridized carbons (Fsp3) is 0.235. The molecule has 0 fully saturated rings. The SMILES string of the molecule is CCC(=O)Nc1ccc(CS(=O)(=O)Nc2ccc(OC)cc2)cc1. The molecule has 0 saturated heterocycles. The molecule has 1 amide bonds. The molecule has 0 saturated carbocycles. The number of nitrogens with one attached hydrogen (secondary N) is 2. The summed E-state index contributed by atoms with van der Waals surface area (Å²) >= 11 is 0. The monoisotopic (exact) mass is 348 g/mol. The van der Waals surface area contributed by atoms with Gasteiger partial charge in [0.25, 0.3) is 0 Å². The Labute approximate surface area is 141 Å². The lowest BCUT2D eigenvalue weighted by atomic mass is 10.2. The summed E-state index contributed by atoms with van der Waals surface area (Å²) in [5, 5.41) is 2.72. The zero-order valence-corrected chi connectivity index (χ0v) is 14.4. The summed E-state index contributed by atoms with van der Waals surface area (Å²) in [4.78, 5) is 11.3. The van der Waals surface area contributed by atoms with Gasteiger partial charge in [0.15, 0.2) is 0 Å². The Balaban J connectivity index is 2.01. The Hall–Kier alpha value is -2.54. The maximum atomic E-state index is 12.2. The van der Waals surface area contributed by atoms with E-state index >= 15 is 0 Å². The van der Waals surface area contributed by atoms with Gasteiger partial charge < -0.3 is 10.1 Å². The molecule has 2 aromatic rings. The normalized spacial score (nSPS) is 10.9. The molecule has 0 radical (unpaired) electrons. The third-order valence-electron chi connectivity index (χ3n) is 3.28. The van der Waals surface area contributed by atoms with Crippen molar-refractivity contribution in [3.63, 3.8) is 0 Å².